The Hall–Kier alpha value is -2.65. The maximum Gasteiger partial charge on any atom is 0.311 e. The van der Waals surface area contributed by atoms with Crippen molar-refractivity contribution in [3.05, 3.63) is 62.9 Å². The maximum absolute atomic E-state index is 13.5. The summed E-state index contributed by atoms with van der Waals surface area (Å²) in [5, 5.41) is 22.5. The average molecular weight is 292 g/mol. The minimum atomic E-state index is -0.706. The molecule has 0 amide bonds. The molecule has 0 spiro atoms. The molecular formula is C13H7ClFN3O2. The van der Waals surface area contributed by atoms with E-state index in [4.69, 9.17) is 16.9 Å². The van der Waals surface area contributed by atoms with Crippen molar-refractivity contribution in [3.63, 3.8) is 0 Å². The first-order valence-electron chi connectivity index (χ1n) is 5.43. The van der Waals surface area contributed by atoms with Crippen molar-refractivity contribution in [1.82, 2.24) is 0 Å². The molecule has 2 aromatic carbocycles. The van der Waals surface area contributed by atoms with E-state index in [0.717, 1.165) is 6.07 Å². The van der Waals surface area contributed by atoms with Crippen LogP contribution in [0.1, 0.15) is 5.56 Å². The van der Waals surface area contributed by atoms with Gasteiger partial charge in [-0.1, -0.05) is 23.7 Å². The number of nitrogens with one attached hydrogen (secondary N) is 1. The first-order valence-corrected chi connectivity index (χ1v) is 5.81. The quantitative estimate of drug-likeness (QED) is 0.684. The summed E-state index contributed by atoms with van der Waals surface area (Å²) in [5.41, 5.74) is -0.327. The van der Waals surface area contributed by atoms with Crippen LogP contribution in [0.25, 0.3) is 0 Å². The van der Waals surface area contributed by atoms with Gasteiger partial charge < -0.3 is 5.32 Å². The van der Waals surface area contributed by atoms with Crippen molar-refractivity contribution in [3.8, 4) is 6.07 Å². The fourth-order valence-corrected chi connectivity index (χ4v) is 1.93. The van der Waals surface area contributed by atoms with E-state index in [0.29, 0.717) is 0 Å². The van der Waals surface area contributed by atoms with Crippen molar-refractivity contribution < 1.29 is 9.31 Å². The molecule has 0 heterocycles. The number of hydrogen-bond donors (Lipinski definition) is 1. The zero-order valence-corrected chi connectivity index (χ0v) is 10.7. The molecule has 0 aliphatic heterocycles. The zero-order valence-electron chi connectivity index (χ0n) is 9.93. The lowest BCUT2D eigenvalue weighted by Gasteiger charge is -2.09. The van der Waals surface area contributed by atoms with E-state index >= 15 is 0 Å². The van der Waals surface area contributed by atoms with Gasteiger partial charge in [0, 0.05) is 0 Å². The monoisotopic (exact) mass is 291 g/mol. The van der Waals surface area contributed by atoms with Crippen LogP contribution in [0.15, 0.2) is 36.4 Å². The number of para-hydroxylation sites is 1. The average Bonchev–Trinajstić information content (AvgIpc) is 2.38. The molecule has 5 nitrogen and oxygen atoms in total. The van der Waals surface area contributed by atoms with Crippen LogP contribution in [0.3, 0.4) is 0 Å². The first kappa shape index (κ1) is 13.8. The van der Waals surface area contributed by atoms with E-state index in [1.54, 1.807) is 6.07 Å². The predicted molar refractivity (Wildman–Crippen MR) is 72.5 cm³/mol. The normalized spacial score (nSPS) is 9.85. The minimum Gasteiger partial charge on any atom is -0.349 e. The number of nitro benzene ring substituents is 1. The van der Waals surface area contributed by atoms with Crippen LogP contribution >= 0.6 is 11.6 Å². The molecule has 2 rings (SSSR count). The molecule has 1 N–H and O–H groups in total. The summed E-state index contributed by atoms with van der Waals surface area (Å²) in [6.45, 7) is 0. The topological polar surface area (TPSA) is 79.0 Å². The molecule has 0 radical (unpaired) electrons. The standard InChI is InChI=1S/C13H7ClFN3O2/c14-9-3-1-6-12(13(9)18(19)20)17-11-5-2-4-10(15)8(11)7-16/h1-6,17H. The van der Waals surface area contributed by atoms with Gasteiger partial charge in [0.15, 0.2) is 0 Å². The number of rotatable bonds is 3. The van der Waals surface area contributed by atoms with Gasteiger partial charge in [0.05, 0.1) is 10.6 Å². The molecule has 7 heteroatoms. The van der Waals surface area contributed by atoms with Crippen molar-refractivity contribution in [1.29, 1.82) is 5.26 Å². The minimum absolute atomic E-state index is 0.0464. The summed E-state index contributed by atoms with van der Waals surface area (Å²) in [7, 11) is 0. The number of hydrogen-bond acceptors (Lipinski definition) is 4. The highest BCUT2D eigenvalue weighted by atomic mass is 35.5. The third-order valence-electron chi connectivity index (χ3n) is 2.56. The molecule has 0 unspecified atom stereocenters. The smallest absolute Gasteiger partial charge is 0.311 e. The summed E-state index contributed by atoms with van der Waals surface area (Å²) in [6.07, 6.45) is 0. The molecule has 0 fully saturated rings. The van der Waals surface area contributed by atoms with Crippen LogP contribution in [0.5, 0.6) is 0 Å². The second-order valence-electron chi connectivity index (χ2n) is 3.79. The first-order chi connectivity index (χ1) is 9.54. The fourth-order valence-electron chi connectivity index (χ4n) is 1.69. The lowest BCUT2D eigenvalue weighted by atomic mass is 10.1. The lowest BCUT2D eigenvalue weighted by molar-refractivity contribution is -0.383. The molecule has 2 aromatic rings. The van der Waals surface area contributed by atoms with Crippen LogP contribution in [-0.2, 0) is 0 Å². The Morgan fingerprint density at radius 1 is 1.25 bits per heavy atom. The molecule has 0 aliphatic rings. The fraction of sp³-hybridized carbons (Fsp3) is 0. The largest absolute Gasteiger partial charge is 0.349 e. The summed E-state index contributed by atoms with van der Waals surface area (Å²) in [5.74, 6) is -0.706. The molecular weight excluding hydrogens is 285 g/mol. The number of anilines is 2. The third-order valence-corrected chi connectivity index (χ3v) is 2.87. The highest BCUT2D eigenvalue weighted by molar-refractivity contribution is 6.33. The maximum atomic E-state index is 13.5. The highest BCUT2D eigenvalue weighted by Crippen LogP contribution is 2.35. The highest BCUT2D eigenvalue weighted by Gasteiger charge is 2.19. The van der Waals surface area contributed by atoms with Crippen molar-refractivity contribution in [2.45, 2.75) is 0 Å². The third kappa shape index (κ3) is 2.53. The van der Waals surface area contributed by atoms with Gasteiger partial charge in [0.25, 0.3) is 0 Å². The molecule has 0 bridgehead atoms. The van der Waals surface area contributed by atoms with Gasteiger partial charge in [-0.2, -0.15) is 5.26 Å². The Bertz CT molecular complexity index is 728. The van der Waals surface area contributed by atoms with Crippen molar-refractivity contribution in [2.75, 3.05) is 5.32 Å². The van der Waals surface area contributed by atoms with Crippen molar-refractivity contribution in [2.24, 2.45) is 0 Å². The summed E-state index contributed by atoms with van der Waals surface area (Å²) < 4.78 is 13.5. The molecule has 20 heavy (non-hydrogen) atoms. The van der Waals surface area contributed by atoms with E-state index in [9.17, 15) is 14.5 Å². The Morgan fingerprint density at radius 3 is 2.55 bits per heavy atom. The second kappa shape index (κ2) is 5.55. The number of nitriles is 1. The summed E-state index contributed by atoms with van der Waals surface area (Å²) in [6, 6.07) is 10.0. The van der Waals surface area contributed by atoms with Crippen molar-refractivity contribution >= 4 is 28.7 Å². The van der Waals surface area contributed by atoms with Crippen LogP contribution in [0.4, 0.5) is 21.5 Å². The molecule has 0 saturated carbocycles. The van der Waals surface area contributed by atoms with Crippen LogP contribution in [0.2, 0.25) is 5.02 Å². The zero-order chi connectivity index (χ0) is 14.7. The van der Waals surface area contributed by atoms with Gasteiger partial charge in [0.1, 0.15) is 28.2 Å². The molecule has 0 aromatic heterocycles. The van der Waals surface area contributed by atoms with Gasteiger partial charge in [0.2, 0.25) is 0 Å². The van der Waals surface area contributed by atoms with Crippen LogP contribution < -0.4 is 5.32 Å². The summed E-state index contributed by atoms with van der Waals surface area (Å²) >= 11 is 5.77. The molecule has 0 atom stereocenters. The van der Waals surface area contributed by atoms with Crippen LogP contribution in [0, 0.1) is 27.3 Å². The van der Waals surface area contributed by atoms with E-state index in [-0.39, 0.29) is 27.6 Å². The van der Waals surface area contributed by atoms with Gasteiger partial charge in [-0.05, 0) is 24.3 Å². The second-order valence-corrected chi connectivity index (χ2v) is 4.20. The Kier molecular flexibility index (Phi) is 3.82. The van der Waals surface area contributed by atoms with E-state index < -0.39 is 10.7 Å². The molecule has 0 aliphatic carbocycles. The Morgan fingerprint density at radius 2 is 1.90 bits per heavy atom. The Labute approximate surface area is 118 Å². The van der Waals surface area contributed by atoms with E-state index in [2.05, 4.69) is 5.32 Å². The number of halogens is 2. The number of nitro groups is 1. The van der Waals surface area contributed by atoms with E-state index in [1.807, 2.05) is 0 Å². The Balaban J connectivity index is 2.52. The number of benzene rings is 2. The van der Waals surface area contributed by atoms with Gasteiger partial charge >= 0.3 is 5.69 Å². The molecule has 100 valence electrons. The van der Waals surface area contributed by atoms with Crippen LogP contribution in [-0.4, -0.2) is 4.92 Å². The SMILES string of the molecule is N#Cc1c(F)cccc1Nc1cccc(Cl)c1[N+](=O)[O-]. The van der Waals surface area contributed by atoms with Gasteiger partial charge in [-0.15, -0.1) is 0 Å². The summed E-state index contributed by atoms with van der Waals surface area (Å²) in [4.78, 5) is 10.4. The predicted octanol–water partition coefficient (Wildman–Crippen LogP) is 4.00. The van der Waals surface area contributed by atoms with Gasteiger partial charge in [-0.3, -0.25) is 10.1 Å². The van der Waals surface area contributed by atoms with E-state index in [1.165, 1.54) is 30.3 Å². The van der Waals surface area contributed by atoms with Gasteiger partial charge in [-0.25, -0.2) is 4.39 Å². The number of nitrogens with zero attached hydrogens (tertiary/aromatic N) is 2. The lowest BCUT2D eigenvalue weighted by Crippen LogP contribution is -2.00. The molecule has 0 saturated heterocycles.